The first kappa shape index (κ1) is 21.5. The van der Waals surface area contributed by atoms with Crippen molar-refractivity contribution in [3.63, 3.8) is 0 Å². The van der Waals surface area contributed by atoms with Gasteiger partial charge in [0, 0.05) is 7.14 Å². The van der Waals surface area contributed by atoms with E-state index < -0.39 is 14.7 Å². The van der Waals surface area contributed by atoms with E-state index in [9.17, 15) is 9.13 Å². The van der Waals surface area contributed by atoms with E-state index in [-0.39, 0.29) is 32.1 Å². The van der Waals surface area contributed by atoms with Gasteiger partial charge in [-0.3, -0.25) is 4.57 Å². The smallest absolute Gasteiger partial charge is 0.347 e. The Morgan fingerprint density at radius 2 is 1.17 bits per heavy atom. The van der Waals surface area contributed by atoms with Gasteiger partial charge in [-0.1, -0.05) is 60.7 Å². The summed E-state index contributed by atoms with van der Waals surface area (Å²) in [5.74, 6) is 1.29. The summed E-state index contributed by atoms with van der Waals surface area (Å²) in [6.45, 7) is 3.90. The Bertz CT molecular complexity index is 654. The van der Waals surface area contributed by atoms with Gasteiger partial charge < -0.3 is 13.6 Å². The second kappa shape index (κ2) is 9.79. The molecule has 0 aliphatic carbocycles. The molecule has 0 saturated carbocycles. The predicted octanol–water partition coefficient (Wildman–Crippen LogP) is 1.39. The van der Waals surface area contributed by atoms with Gasteiger partial charge in [0.1, 0.15) is 0 Å². The van der Waals surface area contributed by atoms with Gasteiger partial charge in [0.15, 0.2) is 7.60 Å². The third-order valence-electron chi connectivity index (χ3n) is 3.20. The molecule has 0 amide bonds. The molecule has 0 aliphatic rings. The Kier molecular flexibility index (Phi) is 8.75. The van der Waals surface area contributed by atoms with Crippen LogP contribution in [0.5, 0.6) is 0 Å². The zero-order chi connectivity index (χ0) is 16.8. The zero-order valence-electron chi connectivity index (χ0n) is 14.3. The molecular formula is C17H21LiO4P2. The van der Waals surface area contributed by atoms with E-state index in [1.165, 1.54) is 5.90 Å². The molecule has 0 radical (unpaired) electrons. The number of rotatable bonds is 8. The van der Waals surface area contributed by atoms with E-state index in [1.807, 2.05) is 36.4 Å². The van der Waals surface area contributed by atoms with E-state index in [0.29, 0.717) is 10.6 Å². The fourth-order valence-electron chi connectivity index (χ4n) is 2.24. The van der Waals surface area contributed by atoms with Crippen molar-refractivity contribution in [1.82, 2.24) is 0 Å². The van der Waals surface area contributed by atoms with Gasteiger partial charge in [0.25, 0.3) is 0 Å². The van der Waals surface area contributed by atoms with Crippen LogP contribution in [0.15, 0.2) is 60.7 Å². The van der Waals surface area contributed by atoms with Crippen molar-refractivity contribution >= 4 is 25.3 Å². The monoisotopic (exact) mass is 358 g/mol. The minimum absolute atomic E-state index is 0. The third kappa shape index (κ3) is 5.20. The van der Waals surface area contributed by atoms with Crippen LogP contribution >= 0.6 is 14.7 Å². The Labute approximate surface area is 156 Å². The van der Waals surface area contributed by atoms with Gasteiger partial charge in [0.05, 0.1) is 13.2 Å². The standard InChI is InChI=1S/C17H21O4P2.Li/c1-3-20-23(19,21-4-2)15-22(18,16-11-7-5-8-12-16)17-13-9-6-10-14-17;/h5-15H,3-4H2,1-2H3;/q-1;+1. The number of hydrogen-bond donors (Lipinski definition) is 0. The maximum Gasteiger partial charge on any atom is 1.00 e. The average Bonchev–Trinajstić information content (AvgIpc) is 2.56. The summed E-state index contributed by atoms with van der Waals surface area (Å²) >= 11 is 0. The SMILES string of the molecule is CCOP(=O)([CH-]P(=O)(c1ccccc1)c1ccccc1)OCC.[Li+]. The fraction of sp³-hybridized carbons (Fsp3) is 0.235. The van der Waals surface area contributed by atoms with Crippen molar-refractivity contribution in [3.05, 3.63) is 66.6 Å². The molecule has 0 N–H and O–H groups in total. The molecular weight excluding hydrogens is 337 g/mol. The first-order valence-electron chi connectivity index (χ1n) is 7.51. The normalized spacial score (nSPS) is 11.8. The Hall–Kier alpha value is -0.583. The summed E-state index contributed by atoms with van der Waals surface area (Å²) in [5, 5.41) is 1.21. The topological polar surface area (TPSA) is 52.6 Å². The van der Waals surface area contributed by atoms with Crippen molar-refractivity contribution in [2.45, 2.75) is 13.8 Å². The van der Waals surface area contributed by atoms with Crippen LogP contribution in [0.1, 0.15) is 13.8 Å². The molecule has 0 fully saturated rings. The maximum atomic E-state index is 13.8. The van der Waals surface area contributed by atoms with E-state index in [1.54, 1.807) is 38.1 Å². The summed E-state index contributed by atoms with van der Waals surface area (Å²) in [5.41, 5.74) is 0. The van der Waals surface area contributed by atoms with Crippen molar-refractivity contribution in [2.24, 2.45) is 0 Å². The maximum absolute atomic E-state index is 13.8. The number of benzene rings is 2. The van der Waals surface area contributed by atoms with E-state index in [0.717, 1.165) is 0 Å². The molecule has 0 atom stereocenters. The summed E-state index contributed by atoms with van der Waals surface area (Å²) in [4.78, 5) is 0. The molecule has 0 spiro atoms. The minimum atomic E-state index is -3.56. The van der Waals surface area contributed by atoms with Crippen LogP contribution in [-0.2, 0) is 18.2 Å². The molecule has 0 bridgehead atoms. The molecule has 7 heteroatoms. The van der Waals surface area contributed by atoms with Crippen LogP contribution in [-0.4, -0.2) is 13.2 Å². The van der Waals surface area contributed by atoms with E-state index in [4.69, 9.17) is 9.05 Å². The van der Waals surface area contributed by atoms with E-state index >= 15 is 0 Å². The predicted molar refractivity (Wildman–Crippen MR) is 94.9 cm³/mol. The fourth-order valence-corrected chi connectivity index (χ4v) is 7.76. The summed E-state index contributed by atoms with van der Waals surface area (Å²) < 4.78 is 37.3. The molecule has 2 aromatic carbocycles. The second-order valence-corrected chi connectivity index (χ2v) is 9.69. The second-order valence-electron chi connectivity index (χ2n) is 4.82. The van der Waals surface area contributed by atoms with Gasteiger partial charge in [-0.25, -0.2) is 0 Å². The van der Waals surface area contributed by atoms with Gasteiger partial charge in [-0.2, -0.15) is 0 Å². The molecule has 24 heavy (non-hydrogen) atoms. The Morgan fingerprint density at radius 3 is 1.50 bits per heavy atom. The van der Waals surface area contributed by atoms with Gasteiger partial charge in [-0.05, 0) is 24.5 Å². The molecule has 0 heterocycles. The largest absolute Gasteiger partial charge is 1.00 e. The van der Waals surface area contributed by atoms with Gasteiger partial charge in [-0.15, -0.1) is 5.90 Å². The molecule has 2 rings (SSSR count). The van der Waals surface area contributed by atoms with Crippen LogP contribution in [0.2, 0.25) is 0 Å². The molecule has 0 aliphatic heterocycles. The van der Waals surface area contributed by atoms with Crippen molar-refractivity contribution in [3.8, 4) is 0 Å². The average molecular weight is 358 g/mol. The van der Waals surface area contributed by atoms with Crippen molar-refractivity contribution in [1.29, 1.82) is 0 Å². The van der Waals surface area contributed by atoms with Crippen LogP contribution in [0, 0.1) is 5.90 Å². The molecule has 4 nitrogen and oxygen atoms in total. The van der Waals surface area contributed by atoms with Crippen LogP contribution < -0.4 is 29.5 Å². The van der Waals surface area contributed by atoms with Gasteiger partial charge in [0.2, 0.25) is 0 Å². The Balaban J connectivity index is 0.00000288. The van der Waals surface area contributed by atoms with Crippen molar-refractivity contribution in [2.75, 3.05) is 13.2 Å². The Morgan fingerprint density at radius 1 is 0.792 bits per heavy atom. The van der Waals surface area contributed by atoms with Crippen molar-refractivity contribution < 1.29 is 37.0 Å². The third-order valence-corrected chi connectivity index (χ3v) is 9.00. The summed E-state index contributed by atoms with van der Waals surface area (Å²) in [6, 6.07) is 18.0. The van der Waals surface area contributed by atoms with Crippen LogP contribution in [0.4, 0.5) is 0 Å². The zero-order valence-corrected chi connectivity index (χ0v) is 16.1. The quantitative estimate of drug-likeness (QED) is 0.407. The number of hydrogen-bond acceptors (Lipinski definition) is 4. The molecule has 2 aromatic rings. The first-order chi connectivity index (χ1) is 11.0. The van der Waals surface area contributed by atoms with E-state index in [2.05, 4.69) is 0 Å². The summed E-state index contributed by atoms with van der Waals surface area (Å²) in [7, 11) is -6.80. The van der Waals surface area contributed by atoms with Crippen LogP contribution in [0.25, 0.3) is 0 Å². The molecule has 0 aromatic heterocycles. The summed E-state index contributed by atoms with van der Waals surface area (Å²) in [6.07, 6.45) is 0. The first-order valence-corrected chi connectivity index (χ1v) is 10.9. The molecule has 0 unspecified atom stereocenters. The van der Waals surface area contributed by atoms with Gasteiger partial charge >= 0.3 is 18.9 Å². The van der Waals surface area contributed by atoms with Crippen LogP contribution in [0.3, 0.4) is 0 Å². The molecule has 0 saturated heterocycles. The minimum Gasteiger partial charge on any atom is -0.347 e. The molecule has 124 valence electrons.